The van der Waals surface area contributed by atoms with Crippen LogP contribution in [0.1, 0.15) is 64.0 Å². The lowest BCUT2D eigenvalue weighted by molar-refractivity contribution is -0.164. The number of methoxy groups -OCH3 is 1. The van der Waals surface area contributed by atoms with Crippen LogP contribution in [-0.2, 0) is 31.0 Å². The van der Waals surface area contributed by atoms with Gasteiger partial charge in [0.25, 0.3) is 0 Å². The normalized spacial score (nSPS) is 33.4. The van der Waals surface area contributed by atoms with Crippen molar-refractivity contribution in [2.24, 2.45) is 28.9 Å². The number of amides is 1. The van der Waals surface area contributed by atoms with Crippen LogP contribution >= 0.6 is 0 Å². The van der Waals surface area contributed by atoms with Gasteiger partial charge in [0.1, 0.15) is 18.2 Å². The molecule has 1 aromatic carbocycles. The number of ether oxygens (including phenoxy) is 3. The Kier molecular flexibility index (Phi) is 6.41. The zero-order chi connectivity index (χ0) is 26.7. The van der Waals surface area contributed by atoms with Crippen LogP contribution in [0.15, 0.2) is 12.1 Å². The summed E-state index contributed by atoms with van der Waals surface area (Å²) in [6, 6.07) is 3.10. The molecule has 0 saturated heterocycles. The second-order valence-corrected chi connectivity index (χ2v) is 11.8. The molecule has 37 heavy (non-hydrogen) atoms. The Morgan fingerprint density at radius 3 is 2.68 bits per heavy atom. The Hall–Kier alpha value is -2.81. The van der Waals surface area contributed by atoms with E-state index in [-0.39, 0.29) is 35.7 Å². The molecule has 1 heterocycles. The minimum Gasteiger partial charge on any atom is -0.493 e. The molecule has 4 unspecified atom stereocenters. The van der Waals surface area contributed by atoms with Crippen LogP contribution in [-0.4, -0.2) is 54.9 Å². The van der Waals surface area contributed by atoms with Gasteiger partial charge in [-0.1, -0.05) is 26.8 Å². The number of aliphatic carboxylic acids is 1. The number of hydrogen-bond donors (Lipinski definition) is 3. The molecule has 9 heteroatoms. The van der Waals surface area contributed by atoms with E-state index in [0.29, 0.717) is 30.6 Å². The lowest BCUT2D eigenvalue weighted by atomic mass is 9.37. The van der Waals surface area contributed by atoms with Crippen molar-refractivity contribution in [3.8, 4) is 11.5 Å². The zero-order valence-electron chi connectivity index (χ0n) is 22.0. The van der Waals surface area contributed by atoms with Gasteiger partial charge < -0.3 is 30.4 Å². The molecule has 202 valence electrons. The van der Waals surface area contributed by atoms with Gasteiger partial charge in [-0.25, -0.2) is 4.79 Å². The lowest BCUT2D eigenvalue weighted by Gasteiger charge is -2.66. The average molecular weight is 515 g/mol. The summed E-state index contributed by atoms with van der Waals surface area (Å²) in [4.78, 5) is 36.7. The Morgan fingerprint density at radius 2 is 2.03 bits per heavy atom. The van der Waals surface area contributed by atoms with E-state index in [9.17, 15) is 19.5 Å². The average Bonchev–Trinajstić information content (AvgIpc) is 3.07. The molecule has 1 amide bonds. The maximum Gasteiger partial charge on any atom is 0.326 e. The topological polar surface area (TPSA) is 137 Å². The molecule has 0 radical (unpaired) electrons. The number of nitrogens with two attached hydrogens (primary N) is 1. The van der Waals surface area contributed by atoms with Crippen molar-refractivity contribution >= 4 is 17.8 Å². The minimum absolute atomic E-state index is 0.00681. The van der Waals surface area contributed by atoms with Crippen LogP contribution in [0, 0.1) is 23.2 Å². The Balaban J connectivity index is 1.35. The summed E-state index contributed by atoms with van der Waals surface area (Å²) in [5.74, 6) is -0.106. The van der Waals surface area contributed by atoms with E-state index >= 15 is 0 Å². The van der Waals surface area contributed by atoms with Gasteiger partial charge in [-0.05, 0) is 67.0 Å². The monoisotopic (exact) mass is 514 g/mol. The molecule has 5 aliphatic rings. The predicted octanol–water partition coefficient (Wildman–Crippen LogP) is 2.56. The summed E-state index contributed by atoms with van der Waals surface area (Å²) in [6.07, 6.45) is 2.32. The molecule has 4 aliphatic carbocycles. The van der Waals surface area contributed by atoms with Crippen LogP contribution in [0.5, 0.6) is 11.5 Å². The minimum atomic E-state index is -1.10. The van der Waals surface area contributed by atoms with Crippen molar-refractivity contribution in [1.82, 2.24) is 5.32 Å². The first-order valence-electron chi connectivity index (χ1n) is 13.4. The number of carboxylic acid groups (broad SMARTS) is 1. The first-order valence-corrected chi connectivity index (χ1v) is 13.4. The predicted molar refractivity (Wildman–Crippen MR) is 134 cm³/mol. The van der Waals surface area contributed by atoms with Crippen molar-refractivity contribution in [1.29, 1.82) is 0 Å². The molecular weight excluding hydrogens is 476 g/mol. The number of carbonyl (C=O) groups excluding carboxylic acids is 2. The van der Waals surface area contributed by atoms with Crippen LogP contribution < -0.4 is 20.5 Å². The summed E-state index contributed by atoms with van der Waals surface area (Å²) in [5.41, 5.74) is 8.61. The summed E-state index contributed by atoms with van der Waals surface area (Å²) in [5, 5.41) is 11.8. The molecule has 7 atom stereocenters. The summed E-state index contributed by atoms with van der Waals surface area (Å²) in [6.45, 7) is 6.33. The van der Waals surface area contributed by atoms with E-state index in [1.165, 1.54) is 11.1 Å². The van der Waals surface area contributed by atoms with E-state index in [0.717, 1.165) is 25.0 Å². The number of benzene rings is 1. The smallest absolute Gasteiger partial charge is 0.326 e. The second-order valence-electron chi connectivity index (χ2n) is 11.8. The summed E-state index contributed by atoms with van der Waals surface area (Å²) < 4.78 is 18.3. The third-order valence-corrected chi connectivity index (χ3v) is 9.38. The van der Waals surface area contributed by atoms with Crippen LogP contribution in [0.3, 0.4) is 0 Å². The highest BCUT2D eigenvalue weighted by Gasteiger charge is 2.75. The maximum absolute atomic E-state index is 12.9. The standard InChI is InChI=1S/C28H38N2O7/c1-14(2)22(26(33)34)30-19(31)7-8-20(32)36-18-9-10-27(13-29)12-28-21-16(11-15(3)24(27)28)5-6-17(35-4)23(21)37-25(18)28/h5-6,14-15,18,22,24-25H,7-13,29H2,1-4H3,(H,30,31)(H,33,34)/t15-,18+,22?,24?,25+,27?,28?/m1/s1. The summed E-state index contributed by atoms with van der Waals surface area (Å²) in [7, 11) is 1.64. The molecule has 1 aliphatic heterocycles. The zero-order valence-corrected chi connectivity index (χ0v) is 22.0. The first kappa shape index (κ1) is 25.8. The number of carbonyl (C=O) groups is 3. The van der Waals surface area contributed by atoms with E-state index in [4.69, 9.17) is 19.9 Å². The fourth-order valence-corrected chi connectivity index (χ4v) is 8.11. The van der Waals surface area contributed by atoms with Gasteiger partial charge in [0.15, 0.2) is 11.5 Å². The van der Waals surface area contributed by atoms with Gasteiger partial charge in [0.2, 0.25) is 5.91 Å². The van der Waals surface area contributed by atoms with Crippen LogP contribution in [0.2, 0.25) is 0 Å². The molecule has 0 aromatic heterocycles. The van der Waals surface area contributed by atoms with Crippen LogP contribution in [0.4, 0.5) is 0 Å². The van der Waals surface area contributed by atoms with Gasteiger partial charge in [-0.2, -0.15) is 0 Å². The quantitative estimate of drug-likeness (QED) is 0.428. The van der Waals surface area contributed by atoms with Gasteiger partial charge >= 0.3 is 11.9 Å². The molecule has 1 spiro atoms. The molecule has 2 bridgehead atoms. The van der Waals surface area contributed by atoms with Gasteiger partial charge in [0.05, 0.1) is 13.5 Å². The third kappa shape index (κ3) is 3.80. The lowest BCUT2D eigenvalue weighted by Crippen LogP contribution is -2.69. The number of nitrogens with one attached hydrogen (secondary N) is 1. The molecular formula is C28H38N2O7. The Bertz CT molecular complexity index is 1120. The third-order valence-electron chi connectivity index (χ3n) is 9.38. The molecule has 4 N–H and O–H groups in total. The van der Waals surface area contributed by atoms with E-state index in [1.807, 2.05) is 6.07 Å². The van der Waals surface area contributed by atoms with Crippen molar-refractivity contribution in [2.45, 2.75) is 83.0 Å². The van der Waals surface area contributed by atoms with Gasteiger partial charge in [-0.3, -0.25) is 9.59 Å². The fourth-order valence-electron chi connectivity index (χ4n) is 8.11. The Morgan fingerprint density at radius 1 is 1.27 bits per heavy atom. The maximum atomic E-state index is 12.9. The highest BCUT2D eigenvalue weighted by Crippen LogP contribution is 2.75. The number of hydrogen-bond acceptors (Lipinski definition) is 7. The summed E-state index contributed by atoms with van der Waals surface area (Å²) >= 11 is 0. The largest absolute Gasteiger partial charge is 0.493 e. The fraction of sp³-hybridized carbons (Fsp3) is 0.679. The van der Waals surface area contributed by atoms with Crippen molar-refractivity contribution < 1.29 is 33.7 Å². The second kappa shape index (κ2) is 9.19. The highest BCUT2D eigenvalue weighted by atomic mass is 16.6. The number of fused-ring (bicyclic) bond motifs is 2. The van der Waals surface area contributed by atoms with Crippen LogP contribution in [0.25, 0.3) is 0 Å². The van der Waals surface area contributed by atoms with Crippen molar-refractivity contribution in [3.05, 3.63) is 23.3 Å². The molecule has 3 saturated carbocycles. The van der Waals surface area contributed by atoms with E-state index in [2.05, 4.69) is 18.3 Å². The highest BCUT2D eigenvalue weighted by molar-refractivity contribution is 5.86. The van der Waals surface area contributed by atoms with Crippen molar-refractivity contribution in [3.63, 3.8) is 0 Å². The van der Waals surface area contributed by atoms with Crippen molar-refractivity contribution in [2.75, 3.05) is 13.7 Å². The number of carboxylic acids is 1. The molecule has 9 nitrogen and oxygen atoms in total. The SMILES string of the molecule is COc1ccc2c3c1O[C@H]1[C@@H](OC(=O)CCC(=O)NC(C(=O)O)C(C)C)CCC4(CN)CC31C4[C@H](C)C2. The molecule has 1 aromatic rings. The first-order chi connectivity index (χ1) is 17.6. The van der Waals surface area contributed by atoms with E-state index in [1.54, 1.807) is 21.0 Å². The molecule has 6 rings (SSSR count). The number of rotatable bonds is 9. The Labute approximate surface area is 217 Å². The van der Waals surface area contributed by atoms with Gasteiger partial charge in [-0.15, -0.1) is 0 Å². The van der Waals surface area contributed by atoms with Gasteiger partial charge in [0, 0.05) is 17.4 Å². The molecule has 3 fully saturated rings. The van der Waals surface area contributed by atoms with E-state index < -0.39 is 30.0 Å². The number of esters is 1.